The van der Waals surface area contributed by atoms with Gasteiger partial charge in [0.2, 0.25) is 26.9 Å². The largest absolute Gasteiger partial charge is 0.369 e. The first-order chi connectivity index (χ1) is 12.7. The molecule has 148 valence electrons. The summed E-state index contributed by atoms with van der Waals surface area (Å²) in [6.45, 7) is 2.67. The molecule has 0 saturated carbocycles. The number of pyridine rings is 1. The molecule has 9 nitrogen and oxygen atoms in total. The van der Waals surface area contributed by atoms with E-state index in [2.05, 4.69) is 15.6 Å². The predicted octanol–water partition coefficient (Wildman–Crippen LogP) is -0.827. The van der Waals surface area contributed by atoms with Crippen LogP contribution >= 0.6 is 0 Å². The molecule has 0 radical (unpaired) electrons. The van der Waals surface area contributed by atoms with Crippen molar-refractivity contribution in [3.63, 3.8) is 0 Å². The number of sulfone groups is 1. The number of carbonyl (C=O) groups is 3. The van der Waals surface area contributed by atoms with E-state index < -0.39 is 43.6 Å². The molecule has 1 saturated heterocycles. The number of aromatic nitrogens is 1. The van der Waals surface area contributed by atoms with E-state index in [0.717, 1.165) is 13.0 Å². The minimum absolute atomic E-state index is 0.259. The number of carbonyl (C=O) groups excluding carboxylic acids is 3. The number of nitrogens with zero attached hydrogens (tertiary/aromatic N) is 1. The molecule has 1 aromatic rings. The van der Waals surface area contributed by atoms with Crippen LogP contribution in [-0.2, 0) is 24.2 Å². The second kappa shape index (κ2) is 9.05. The van der Waals surface area contributed by atoms with Crippen molar-refractivity contribution >= 4 is 27.4 Å². The third-order valence-corrected chi connectivity index (χ3v) is 6.40. The summed E-state index contributed by atoms with van der Waals surface area (Å²) in [7, 11) is -4.43. The fraction of sp³-hybridized carbons (Fsp3) is 0.529. The van der Waals surface area contributed by atoms with Gasteiger partial charge >= 0.3 is 0 Å². The first-order valence-electron chi connectivity index (χ1n) is 8.74. The summed E-state index contributed by atoms with van der Waals surface area (Å²) in [5.74, 6) is -4.43. The third kappa shape index (κ3) is 5.10. The summed E-state index contributed by atoms with van der Waals surface area (Å²) in [6, 6.07) is 3.90. The van der Waals surface area contributed by atoms with Gasteiger partial charge in [0.25, 0.3) is 0 Å². The maximum absolute atomic E-state index is 12.9. The molecule has 1 fully saturated rings. The fourth-order valence-corrected chi connectivity index (χ4v) is 4.44. The highest BCUT2D eigenvalue weighted by molar-refractivity contribution is 7.93. The van der Waals surface area contributed by atoms with E-state index in [1.165, 1.54) is 31.3 Å². The Bertz CT molecular complexity index is 789. The van der Waals surface area contributed by atoms with Crippen molar-refractivity contribution in [3.8, 4) is 0 Å². The molecule has 27 heavy (non-hydrogen) atoms. The Morgan fingerprint density at radius 3 is 2.63 bits per heavy atom. The Balaban J connectivity index is 2.35. The number of amides is 2. The number of primary amides is 1. The fourth-order valence-electron chi connectivity index (χ4n) is 2.87. The van der Waals surface area contributed by atoms with Crippen molar-refractivity contribution in [1.29, 1.82) is 0 Å². The Morgan fingerprint density at radius 1 is 1.26 bits per heavy atom. The Hall–Kier alpha value is -2.33. The molecule has 2 rings (SSSR count). The second-order valence-corrected chi connectivity index (χ2v) is 8.49. The molecule has 1 aromatic heterocycles. The maximum Gasteiger partial charge on any atom is 0.246 e. The van der Waals surface area contributed by atoms with Gasteiger partial charge in [-0.05, 0) is 51.4 Å². The van der Waals surface area contributed by atoms with Crippen LogP contribution in [0.5, 0.6) is 0 Å². The number of Topliss-reactive ketones (excluding diaryl/α,β-unsaturated/α-hetero) is 1. The minimum atomic E-state index is -4.43. The molecule has 10 heteroatoms. The van der Waals surface area contributed by atoms with E-state index in [0.29, 0.717) is 19.4 Å². The zero-order chi connectivity index (χ0) is 20.0. The summed E-state index contributed by atoms with van der Waals surface area (Å²) in [4.78, 5) is 40.6. The summed E-state index contributed by atoms with van der Waals surface area (Å²) in [6.07, 6.45) is 3.34. The van der Waals surface area contributed by atoms with Crippen LogP contribution in [0.15, 0.2) is 29.4 Å². The van der Waals surface area contributed by atoms with Gasteiger partial charge in [0.05, 0.1) is 5.92 Å². The van der Waals surface area contributed by atoms with Gasteiger partial charge in [-0.25, -0.2) is 13.4 Å². The molecular weight excluding hydrogens is 372 g/mol. The van der Waals surface area contributed by atoms with Crippen LogP contribution in [0.1, 0.15) is 26.2 Å². The first kappa shape index (κ1) is 21.0. The standard InChI is InChI=1S/C17H24N4O5S/c1-11(16(18)23)14(22)15(27(25,26)13-6-2-3-9-20-13)17(24)21-12-5-4-8-19-10-7-12/h2-3,6,9,11-12,15,19H,4-5,7-8,10H2,1H3,(H2,18,23)(H,21,24). The van der Waals surface area contributed by atoms with E-state index in [1.807, 2.05) is 0 Å². The Morgan fingerprint density at radius 2 is 2.00 bits per heavy atom. The highest BCUT2D eigenvalue weighted by Gasteiger charge is 2.44. The molecule has 0 aliphatic carbocycles. The van der Waals surface area contributed by atoms with Crippen molar-refractivity contribution in [2.75, 3.05) is 13.1 Å². The molecular formula is C17H24N4O5S. The minimum Gasteiger partial charge on any atom is -0.369 e. The van der Waals surface area contributed by atoms with Gasteiger partial charge in [-0.1, -0.05) is 6.07 Å². The molecule has 0 spiro atoms. The van der Waals surface area contributed by atoms with Gasteiger partial charge in [-0.2, -0.15) is 0 Å². The topological polar surface area (TPSA) is 148 Å². The zero-order valence-electron chi connectivity index (χ0n) is 15.1. The molecule has 1 aliphatic heterocycles. The van der Waals surface area contributed by atoms with E-state index in [-0.39, 0.29) is 6.04 Å². The summed E-state index contributed by atoms with van der Waals surface area (Å²) >= 11 is 0. The lowest BCUT2D eigenvalue weighted by atomic mass is 10.0. The number of hydrogen-bond donors (Lipinski definition) is 3. The lowest BCUT2D eigenvalue weighted by Crippen LogP contribution is -2.51. The number of ketones is 1. The lowest BCUT2D eigenvalue weighted by molar-refractivity contribution is -0.133. The van der Waals surface area contributed by atoms with Crippen LogP contribution in [0.3, 0.4) is 0 Å². The van der Waals surface area contributed by atoms with Crippen molar-refractivity contribution in [2.24, 2.45) is 11.7 Å². The van der Waals surface area contributed by atoms with Crippen LogP contribution in [-0.4, -0.2) is 55.4 Å². The normalized spacial score (nSPS) is 20.1. The van der Waals surface area contributed by atoms with Gasteiger partial charge < -0.3 is 16.4 Å². The molecule has 0 aromatic carbocycles. The van der Waals surface area contributed by atoms with Crippen molar-refractivity contribution in [2.45, 2.75) is 42.5 Å². The summed E-state index contributed by atoms with van der Waals surface area (Å²) < 4.78 is 25.9. The zero-order valence-corrected chi connectivity index (χ0v) is 15.9. The van der Waals surface area contributed by atoms with Gasteiger partial charge in [-0.15, -0.1) is 0 Å². The Kier molecular flexibility index (Phi) is 7.03. The van der Waals surface area contributed by atoms with Gasteiger partial charge in [0.1, 0.15) is 0 Å². The number of rotatable bonds is 7. The molecule has 0 bridgehead atoms. The quantitative estimate of drug-likeness (QED) is 0.510. The van der Waals surface area contributed by atoms with Crippen LogP contribution in [0.4, 0.5) is 0 Å². The molecule has 2 amide bonds. The van der Waals surface area contributed by atoms with E-state index in [9.17, 15) is 22.8 Å². The van der Waals surface area contributed by atoms with Crippen molar-refractivity contribution in [3.05, 3.63) is 24.4 Å². The average molecular weight is 396 g/mol. The SMILES string of the molecule is CC(C(N)=O)C(=O)C(C(=O)NC1CCCNCC1)S(=O)(=O)c1ccccn1. The van der Waals surface area contributed by atoms with Crippen molar-refractivity contribution in [1.82, 2.24) is 15.6 Å². The predicted molar refractivity (Wildman–Crippen MR) is 97.2 cm³/mol. The third-order valence-electron chi connectivity index (χ3n) is 4.51. The van der Waals surface area contributed by atoms with Crippen LogP contribution in [0.25, 0.3) is 0 Å². The van der Waals surface area contributed by atoms with Crippen molar-refractivity contribution < 1.29 is 22.8 Å². The van der Waals surface area contributed by atoms with E-state index in [1.54, 1.807) is 0 Å². The highest BCUT2D eigenvalue weighted by atomic mass is 32.2. The number of nitrogens with two attached hydrogens (primary N) is 1. The molecule has 2 heterocycles. The van der Waals surface area contributed by atoms with Crippen LogP contribution in [0, 0.1) is 5.92 Å². The molecule has 3 unspecified atom stereocenters. The highest BCUT2D eigenvalue weighted by Crippen LogP contribution is 2.19. The molecule has 4 N–H and O–H groups in total. The second-order valence-electron chi connectivity index (χ2n) is 6.51. The maximum atomic E-state index is 12.9. The smallest absolute Gasteiger partial charge is 0.246 e. The average Bonchev–Trinajstić information content (AvgIpc) is 2.90. The van der Waals surface area contributed by atoms with E-state index >= 15 is 0 Å². The van der Waals surface area contributed by atoms with Gasteiger partial charge in [0.15, 0.2) is 10.8 Å². The van der Waals surface area contributed by atoms with Gasteiger partial charge in [-0.3, -0.25) is 14.4 Å². The van der Waals surface area contributed by atoms with Crippen LogP contribution < -0.4 is 16.4 Å². The molecule has 3 atom stereocenters. The first-order valence-corrected chi connectivity index (χ1v) is 10.3. The van der Waals surface area contributed by atoms with Gasteiger partial charge in [0, 0.05) is 12.2 Å². The Labute approximate surface area is 158 Å². The summed E-state index contributed by atoms with van der Waals surface area (Å²) in [5.41, 5.74) is 5.15. The number of hydrogen-bond acceptors (Lipinski definition) is 7. The van der Waals surface area contributed by atoms with Crippen LogP contribution in [0.2, 0.25) is 0 Å². The lowest BCUT2D eigenvalue weighted by Gasteiger charge is -2.22. The molecule has 1 aliphatic rings. The number of nitrogens with one attached hydrogen (secondary N) is 2. The van der Waals surface area contributed by atoms with E-state index in [4.69, 9.17) is 5.73 Å². The summed E-state index contributed by atoms with van der Waals surface area (Å²) in [5, 5.41) is 3.35. The monoisotopic (exact) mass is 396 g/mol.